The van der Waals surface area contributed by atoms with Crippen molar-refractivity contribution < 1.29 is 8.78 Å². The Hall–Kier alpha value is -3.73. The number of hydrogen-bond donors (Lipinski definition) is 3. The van der Waals surface area contributed by atoms with Crippen molar-refractivity contribution in [2.24, 2.45) is 0 Å². The molecule has 2 aromatic carbocycles. The van der Waals surface area contributed by atoms with Gasteiger partial charge in [0.1, 0.15) is 0 Å². The first-order chi connectivity index (χ1) is 14.0. The molecule has 0 fully saturated rings. The second-order valence-electron chi connectivity index (χ2n) is 6.92. The average Bonchev–Trinajstić information content (AvgIpc) is 3.36. The van der Waals surface area contributed by atoms with Crippen LogP contribution in [-0.2, 0) is 6.42 Å². The maximum absolute atomic E-state index is 12.8. The number of aromatic nitrogens is 2. The van der Waals surface area contributed by atoms with E-state index in [0.29, 0.717) is 21.5 Å². The Morgan fingerprint density at radius 2 is 2.14 bits per heavy atom. The highest BCUT2D eigenvalue weighted by molar-refractivity contribution is 6.14. The Bertz CT molecular complexity index is 1130. The van der Waals surface area contributed by atoms with E-state index >= 15 is 0 Å². The number of anilines is 2. The first-order valence-corrected chi connectivity index (χ1v) is 9.07. The highest BCUT2D eigenvalue weighted by Crippen LogP contribution is 2.35. The molecule has 29 heavy (non-hydrogen) atoms. The summed E-state index contributed by atoms with van der Waals surface area (Å²) in [4.78, 5) is 0. The Morgan fingerprint density at radius 1 is 1.31 bits per heavy atom. The number of rotatable bonds is 5. The Balaban J connectivity index is 1.58. The fourth-order valence-corrected chi connectivity index (χ4v) is 3.63. The van der Waals surface area contributed by atoms with Crippen molar-refractivity contribution in [3.05, 3.63) is 76.6 Å². The number of nitrogens with one attached hydrogen (secondary N) is 2. The SMILES string of the molecule is N#Cc1ccc2c(c1)CC[C@@H]2Nc1ccc(N)c(C(=N)c2cnn(C(F)F)c2)c1. The molecule has 1 aliphatic carbocycles. The fraction of sp³-hybridized carbons (Fsp3) is 0.190. The minimum absolute atomic E-state index is 0.0311. The van der Waals surface area contributed by atoms with Gasteiger partial charge in [0, 0.05) is 28.7 Å². The molecule has 1 heterocycles. The molecule has 1 aliphatic rings. The van der Waals surface area contributed by atoms with Gasteiger partial charge in [-0.05, 0) is 54.3 Å². The minimum Gasteiger partial charge on any atom is -0.398 e. The zero-order chi connectivity index (χ0) is 20.5. The number of nitrogen functional groups attached to an aromatic ring is 1. The summed E-state index contributed by atoms with van der Waals surface area (Å²) in [7, 11) is 0. The van der Waals surface area contributed by atoms with Crippen molar-refractivity contribution in [1.29, 1.82) is 10.7 Å². The smallest absolute Gasteiger partial charge is 0.333 e. The largest absolute Gasteiger partial charge is 0.398 e. The summed E-state index contributed by atoms with van der Waals surface area (Å²) in [5.41, 5.74) is 10.9. The van der Waals surface area contributed by atoms with E-state index in [1.807, 2.05) is 24.3 Å². The summed E-state index contributed by atoms with van der Waals surface area (Å²) in [6, 6.07) is 13.2. The molecule has 0 spiro atoms. The van der Waals surface area contributed by atoms with Gasteiger partial charge in [-0.3, -0.25) is 5.41 Å². The van der Waals surface area contributed by atoms with Crippen LogP contribution in [0.25, 0.3) is 0 Å². The highest BCUT2D eigenvalue weighted by atomic mass is 19.3. The molecule has 0 amide bonds. The van der Waals surface area contributed by atoms with Gasteiger partial charge >= 0.3 is 6.55 Å². The Kier molecular flexibility index (Phi) is 4.72. The van der Waals surface area contributed by atoms with E-state index in [0.717, 1.165) is 35.9 Å². The van der Waals surface area contributed by atoms with Crippen LogP contribution in [0.1, 0.15) is 46.8 Å². The van der Waals surface area contributed by atoms with Gasteiger partial charge in [0.15, 0.2) is 0 Å². The molecule has 0 radical (unpaired) electrons. The molecule has 146 valence electrons. The lowest BCUT2D eigenvalue weighted by Gasteiger charge is -2.17. The Labute approximate surface area is 166 Å². The van der Waals surface area contributed by atoms with Gasteiger partial charge in [-0.2, -0.15) is 19.1 Å². The van der Waals surface area contributed by atoms with E-state index in [2.05, 4.69) is 16.5 Å². The monoisotopic (exact) mass is 392 g/mol. The number of alkyl halides is 2. The van der Waals surface area contributed by atoms with Crippen molar-refractivity contribution in [3.8, 4) is 6.07 Å². The van der Waals surface area contributed by atoms with Gasteiger partial charge in [0.2, 0.25) is 0 Å². The van der Waals surface area contributed by atoms with Crippen LogP contribution in [0.15, 0.2) is 48.8 Å². The van der Waals surface area contributed by atoms with Crippen LogP contribution in [0.2, 0.25) is 0 Å². The molecule has 0 bridgehead atoms. The fourth-order valence-electron chi connectivity index (χ4n) is 3.63. The zero-order valence-corrected chi connectivity index (χ0v) is 15.4. The molecular formula is C21H18F2N6. The van der Waals surface area contributed by atoms with Crippen molar-refractivity contribution in [3.63, 3.8) is 0 Å². The molecule has 4 rings (SSSR count). The normalized spacial score (nSPS) is 15.2. The number of hydrogen-bond acceptors (Lipinski definition) is 5. The summed E-state index contributed by atoms with van der Waals surface area (Å²) in [6.45, 7) is -2.76. The van der Waals surface area contributed by atoms with Crippen LogP contribution >= 0.6 is 0 Å². The topological polar surface area (TPSA) is 104 Å². The van der Waals surface area contributed by atoms with Crippen LogP contribution < -0.4 is 11.1 Å². The van der Waals surface area contributed by atoms with Crippen molar-refractivity contribution >= 4 is 17.1 Å². The van der Waals surface area contributed by atoms with Crippen LogP contribution in [0.4, 0.5) is 20.2 Å². The maximum atomic E-state index is 12.8. The first kappa shape index (κ1) is 18.6. The summed E-state index contributed by atoms with van der Waals surface area (Å²) in [5.74, 6) is 0. The van der Waals surface area contributed by atoms with Gasteiger partial charge in [0.25, 0.3) is 0 Å². The summed E-state index contributed by atoms with van der Waals surface area (Å²) < 4.78 is 26.0. The highest BCUT2D eigenvalue weighted by Gasteiger charge is 2.23. The van der Waals surface area contributed by atoms with Gasteiger partial charge < -0.3 is 11.1 Å². The number of nitrogens with two attached hydrogens (primary N) is 1. The molecule has 1 aromatic heterocycles. The van der Waals surface area contributed by atoms with E-state index in [1.54, 1.807) is 12.1 Å². The number of nitrogens with zero attached hydrogens (tertiary/aromatic N) is 3. The predicted molar refractivity (Wildman–Crippen MR) is 106 cm³/mol. The molecule has 8 heteroatoms. The zero-order valence-electron chi connectivity index (χ0n) is 15.4. The Morgan fingerprint density at radius 3 is 2.86 bits per heavy atom. The molecule has 0 aliphatic heterocycles. The molecule has 0 saturated heterocycles. The number of halogens is 2. The summed E-state index contributed by atoms with van der Waals surface area (Å²) in [5, 5.41) is 24.5. The minimum atomic E-state index is -2.76. The molecule has 3 aromatic rings. The summed E-state index contributed by atoms with van der Waals surface area (Å²) >= 11 is 0. The number of aryl methyl sites for hydroxylation is 1. The third-order valence-corrected chi connectivity index (χ3v) is 5.10. The van der Waals surface area contributed by atoms with Crippen molar-refractivity contribution in [1.82, 2.24) is 9.78 Å². The van der Waals surface area contributed by atoms with Crippen LogP contribution in [0, 0.1) is 16.7 Å². The second-order valence-corrected chi connectivity index (χ2v) is 6.92. The van der Waals surface area contributed by atoms with Gasteiger partial charge in [0.05, 0.1) is 29.6 Å². The molecule has 0 unspecified atom stereocenters. The predicted octanol–water partition coefficient (Wildman–Crippen LogP) is 4.25. The molecule has 6 nitrogen and oxygen atoms in total. The van der Waals surface area contributed by atoms with Crippen LogP contribution in [-0.4, -0.2) is 15.5 Å². The standard InChI is InChI=1S/C21H18F2N6/c22-21(23)29-11-14(10-27-29)20(26)17-8-15(3-5-18(17)25)28-19-6-2-13-7-12(9-24)1-4-16(13)19/h1,3-5,7-8,10-11,19,21,26,28H,2,6,25H2/t19-/m0/s1. The third-order valence-electron chi connectivity index (χ3n) is 5.10. The average molecular weight is 392 g/mol. The molecule has 4 N–H and O–H groups in total. The number of fused-ring (bicyclic) bond motifs is 1. The van der Waals surface area contributed by atoms with E-state index in [9.17, 15) is 8.78 Å². The lowest BCUT2D eigenvalue weighted by molar-refractivity contribution is 0.0566. The van der Waals surface area contributed by atoms with Crippen LogP contribution in [0.3, 0.4) is 0 Å². The lowest BCUT2D eigenvalue weighted by atomic mass is 10.0. The van der Waals surface area contributed by atoms with E-state index < -0.39 is 6.55 Å². The van der Waals surface area contributed by atoms with Crippen molar-refractivity contribution in [2.75, 3.05) is 11.1 Å². The number of nitriles is 1. The lowest BCUT2D eigenvalue weighted by Crippen LogP contribution is -2.10. The van der Waals surface area contributed by atoms with E-state index in [4.69, 9.17) is 16.4 Å². The third kappa shape index (κ3) is 3.55. The quantitative estimate of drug-likeness (QED) is 0.446. The second kappa shape index (κ2) is 7.36. The molecule has 0 saturated carbocycles. The van der Waals surface area contributed by atoms with Crippen molar-refractivity contribution in [2.45, 2.75) is 25.4 Å². The summed E-state index contributed by atoms with van der Waals surface area (Å²) in [6.07, 6.45) is 4.14. The first-order valence-electron chi connectivity index (χ1n) is 9.07. The van der Waals surface area contributed by atoms with Gasteiger partial charge in [-0.25, -0.2) is 4.68 Å². The number of benzene rings is 2. The van der Waals surface area contributed by atoms with Crippen LogP contribution in [0.5, 0.6) is 0 Å². The molecular weight excluding hydrogens is 374 g/mol. The van der Waals surface area contributed by atoms with Gasteiger partial charge in [-0.1, -0.05) is 6.07 Å². The maximum Gasteiger partial charge on any atom is 0.333 e. The van der Waals surface area contributed by atoms with E-state index in [-0.39, 0.29) is 17.3 Å². The van der Waals surface area contributed by atoms with E-state index in [1.165, 1.54) is 6.20 Å². The molecule has 1 atom stereocenters. The van der Waals surface area contributed by atoms with Gasteiger partial charge in [-0.15, -0.1) is 0 Å².